The van der Waals surface area contributed by atoms with Crippen LogP contribution in [0.2, 0.25) is 0 Å². The van der Waals surface area contributed by atoms with Gasteiger partial charge < -0.3 is 5.32 Å². The molecule has 2 unspecified atom stereocenters. The Balaban J connectivity index is 2.57. The van der Waals surface area contributed by atoms with Crippen LogP contribution in [0.15, 0.2) is 23.1 Å². The van der Waals surface area contributed by atoms with Gasteiger partial charge >= 0.3 is 0 Å². The van der Waals surface area contributed by atoms with E-state index in [0.717, 1.165) is 5.56 Å². The van der Waals surface area contributed by atoms with Gasteiger partial charge in [-0.25, -0.2) is 4.39 Å². The molecule has 0 aliphatic carbocycles. The van der Waals surface area contributed by atoms with Crippen LogP contribution < -0.4 is 5.32 Å². The molecule has 0 amide bonds. The van der Waals surface area contributed by atoms with Crippen molar-refractivity contribution in [1.82, 2.24) is 5.32 Å². The average molecular weight is 199 g/mol. The monoisotopic (exact) mass is 199 g/mol. The molecule has 0 radical (unpaired) electrons. The van der Waals surface area contributed by atoms with Gasteiger partial charge in [0.2, 0.25) is 0 Å². The highest BCUT2D eigenvalue weighted by Crippen LogP contribution is 2.31. The second-order valence-electron chi connectivity index (χ2n) is 3.01. The summed E-state index contributed by atoms with van der Waals surface area (Å²) in [5.41, 5.74) is 0.834. The maximum absolute atomic E-state index is 13.2. The summed E-state index contributed by atoms with van der Waals surface area (Å²) in [6, 6.07) is 4.87. The van der Waals surface area contributed by atoms with E-state index in [-0.39, 0.29) is 11.9 Å². The molecular formula is C9H10FNOS. The summed E-state index contributed by atoms with van der Waals surface area (Å²) in [5.74, 6) is 0.126. The molecule has 0 saturated heterocycles. The molecule has 2 atom stereocenters. The molecule has 1 aliphatic heterocycles. The maximum atomic E-state index is 13.2. The van der Waals surface area contributed by atoms with Gasteiger partial charge in [0.1, 0.15) is 5.82 Å². The number of rotatable bonds is 1. The molecule has 13 heavy (non-hydrogen) atoms. The molecule has 1 heterocycles. The Morgan fingerprint density at radius 2 is 2.38 bits per heavy atom. The highest BCUT2D eigenvalue weighted by molar-refractivity contribution is 7.85. The van der Waals surface area contributed by atoms with Crippen LogP contribution >= 0.6 is 0 Å². The molecule has 0 bridgehead atoms. The fourth-order valence-corrected chi connectivity index (χ4v) is 3.18. The van der Waals surface area contributed by atoms with E-state index < -0.39 is 10.8 Å². The predicted molar refractivity (Wildman–Crippen MR) is 49.5 cm³/mol. The summed E-state index contributed by atoms with van der Waals surface area (Å²) in [6.07, 6.45) is 0. The Bertz CT molecular complexity index is 367. The summed E-state index contributed by atoms with van der Waals surface area (Å²) >= 11 is 0. The largest absolute Gasteiger partial charge is 0.312 e. The van der Waals surface area contributed by atoms with Crippen molar-refractivity contribution in [3.8, 4) is 0 Å². The summed E-state index contributed by atoms with van der Waals surface area (Å²) in [6.45, 7) is 0. The van der Waals surface area contributed by atoms with E-state index in [2.05, 4.69) is 5.32 Å². The van der Waals surface area contributed by atoms with Gasteiger partial charge in [0, 0.05) is 11.8 Å². The molecule has 2 nitrogen and oxygen atoms in total. The van der Waals surface area contributed by atoms with Crippen LogP contribution in [0.25, 0.3) is 0 Å². The number of fused-ring (bicyclic) bond motifs is 1. The molecule has 4 heteroatoms. The molecule has 1 aromatic rings. The van der Waals surface area contributed by atoms with E-state index in [1.807, 2.05) is 6.07 Å². The first-order valence-corrected chi connectivity index (χ1v) is 5.40. The van der Waals surface area contributed by atoms with Gasteiger partial charge in [0.25, 0.3) is 0 Å². The third-order valence-corrected chi connectivity index (χ3v) is 3.79. The second-order valence-corrected chi connectivity index (χ2v) is 4.44. The van der Waals surface area contributed by atoms with Crippen LogP contribution in [-0.2, 0) is 10.8 Å². The molecule has 2 rings (SSSR count). The zero-order valence-corrected chi connectivity index (χ0v) is 8.03. The van der Waals surface area contributed by atoms with E-state index >= 15 is 0 Å². The molecular weight excluding hydrogens is 189 g/mol. The zero-order valence-electron chi connectivity index (χ0n) is 7.21. The predicted octanol–water partition coefficient (Wildman–Crippen LogP) is 1.21. The van der Waals surface area contributed by atoms with Gasteiger partial charge in [-0.1, -0.05) is 12.1 Å². The van der Waals surface area contributed by atoms with Gasteiger partial charge in [0.15, 0.2) is 0 Å². The number of benzene rings is 1. The molecule has 0 fully saturated rings. The van der Waals surface area contributed by atoms with Crippen molar-refractivity contribution in [2.45, 2.75) is 10.9 Å². The van der Waals surface area contributed by atoms with Crippen LogP contribution in [0.3, 0.4) is 0 Å². The Hall–Kier alpha value is -0.740. The standard InChI is InChI=1S/C9H10FNOS/c1-11-8-5-13(12)9-6(8)3-2-4-7(9)10/h2-4,8,11H,5H2,1H3. The Kier molecular flexibility index (Phi) is 2.17. The van der Waals surface area contributed by atoms with Crippen molar-refractivity contribution in [3.05, 3.63) is 29.6 Å². The number of halogens is 1. The highest BCUT2D eigenvalue weighted by Gasteiger charge is 2.29. The van der Waals surface area contributed by atoms with Crippen LogP contribution in [0.1, 0.15) is 11.6 Å². The normalized spacial score (nSPS) is 26.0. The lowest BCUT2D eigenvalue weighted by Gasteiger charge is -2.07. The van der Waals surface area contributed by atoms with E-state index in [1.165, 1.54) is 6.07 Å². The van der Waals surface area contributed by atoms with Crippen LogP contribution in [0, 0.1) is 5.82 Å². The van der Waals surface area contributed by atoms with E-state index in [1.54, 1.807) is 13.1 Å². The zero-order chi connectivity index (χ0) is 9.42. The molecule has 70 valence electrons. The summed E-state index contributed by atoms with van der Waals surface area (Å²) < 4.78 is 24.7. The number of nitrogens with one attached hydrogen (secondary N) is 1. The summed E-state index contributed by atoms with van der Waals surface area (Å²) in [7, 11) is 0.617. The maximum Gasteiger partial charge on any atom is 0.139 e. The molecule has 0 aromatic heterocycles. The second kappa shape index (κ2) is 3.20. The van der Waals surface area contributed by atoms with Crippen molar-refractivity contribution in [1.29, 1.82) is 0 Å². The molecule has 1 aliphatic rings. The fraction of sp³-hybridized carbons (Fsp3) is 0.333. The Labute approximate surface area is 78.6 Å². The van der Waals surface area contributed by atoms with Crippen molar-refractivity contribution in [2.24, 2.45) is 0 Å². The minimum Gasteiger partial charge on any atom is -0.312 e. The minimum atomic E-state index is -1.18. The minimum absolute atomic E-state index is 0.0338. The summed E-state index contributed by atoms with van der Waals surface area (Å²) in [4.78, 5) is 0.377. The van der Waals surface area contributed by atoms with E-state index in [9.17, 15) is 8.60 Å². The fourth-order valence-electron chi connectivity index (χ4n) is 1.60. The lowest BCUT2D eigenvalue weighted by atomic mass is 10.1. The first kappa shape index (κ1) is 8.84. The highest BCUT2D eigenvalue weighted by atomic mass is 32.2. The third-order valence-electron chi connectivity index (χ3n) is 2.27. The van der Waals surface area contributed by atoms with E-state index in [0.29, 0.717) is 10.6 Å². The van der Waals surface area contributed by atoms with Crippen LogP contribution in [0.4, 0.5) is 4.39 Å². The summed E-state index contributed by atoms with van der Waals surface area (Å²) in [5, 5.41) is 3.02. The van der Waals surface area contributed by atoms with Gasteiger partial charge in [0.05, 0.1) is 15.7 Å². The van der Waals surface area contributed by atoms with Crippen molar-refractivity contribution in [3.63, 3.8) is 0 Å². The quantitative estimate of drug-likeness (QED) is 0.736. The molecule has 0 saturated carbocycles. The third kappa shape index (κ3) is 1.30. The first-order chi connectivity index (χ1) is 6.24. The number of hydrogen-bond acceptors (Lipinski definition) is 2. The topological polar surface area (TPSA) is 29.1 Å². The van der Waals surface area contributed by atoms with Gasteiger partial charge in [-0.05, 0) is 18.7 Å². The van der Waals surface area contributed by atoms with Crippen molar-refractivity contribution < 1.29 is 8.60 Å². The smallest absolute Gasteiger partial charge is 0.139 e. The Morgan fingerprint density at radius 3 is 3.08 bits per heavy atom. The van der Waals surface area contributed by atoms with Gasteiger partial charge in [-0.2, -0.15) is 0 Å². The SMILES string of the molecule is CNC1CS(=O)c2c(F)cccc21. The van der Waals surface area contributed by atoms with Gasteiger partial charge in [-0.15, -0.1) is 0 Å². The molecule has 1 N–H and O–H groups in total. The molecule has 0 spiro atoms. The first-order valence-electron chi connectivity index (χ1n) is 4.08. The lowest BCUT2D eigenvalue weighted by Crippen LogP contribution is -2.16. The lowest BCUT2D eigenvalue weighted by molar-refractivity contribution is 0.586. The average Bonchev–Trinajstić information content (AvgIpc) is 2.44. The molecule has 1 aromatic carbocycles. The van der Waals surface area contributed by atoms with E-state index in [4.69, 9.17) is 0 Å². The van der Waals surface area contributed by atoms with Gasteiger partial charge in [-0.3, -0.25) is 4.21 Å². The van der Waals surface area contributed by atoms with Crippen molar-refractivity contribution >= 4 is 10.8 Å². The van der Waals surface area contributed by atoms with Crippen LogP contribution in [-0.4, -0.2) is 17.0 Å². The van der Waals surface area contributed by atoms with Crippen LogP contribution in [0.5, 0.6) is 0 Å². The van der Waals surface area contributed by atoms with Crippen molar-refractivity contribution in [2.75, 3.05) is 12.8 Å². The Morgan fingerprint density at radius 1 is 1.62 bits per heavy atom. The number of hydrogen-bond donors (Lipinski definition) is 1.